The Labute approximate surface area is 412 Å². The van der Waals surface area contributed by atoms with Crippen LogP contribution in [0.2, 0.25) is 0 Å². The average Bonchev–Trinajstić information content (AvgIpc) is 3.38. The maximum absolute atomic E-state index is 14.6. The van der Waals surface area contributed by atoms with Crippen LogP contribution >= 0.6 is 0 Å². The number of hydrogen-bond acceptors (Lipinski definition) is 3. The molecule has 7 aromatic carbocycles. The van der Waals surface area contributed by atoms with Crippen molar-refractivity contribution in [2.45, 2.75) is 25.7 Å². The van der Waals surface area contributed by atoms with Crippen LogP contribution in [-0.4, -0.2) is 15.0 Å². The zero-order chi connectivity index (χ0) is 46.4. The minimum absolute atomic E-state index is 0. The molecule has 8 heteroatoms. The zero-order valence-corrected chi connectivity index (χ0v) is 39.4. The second kappa shape index (κ2) is 21.1. The summed E-state index contributed by atoms with van der Waals surface area (Å²) in [5.41, 5.74) is 15.4. The van der Waals surface area contributed by atoms with Crippen molar-refractivity contribution in [3.05, 3.63) is 258 Å². The van der Waals surface area contributed by atoms with Gasteiger partial charge in [-0.25, -0.2) is 0 Å². The summed E-state index contributed by atoms with van der Waals surface area (Å²) in [6.07, 6.45) is 8.16. The van der Waals surface area contributed by atoms with E-state index < -0.39 is 23.3 Å². The number of rotatable bonds is 13. The van der Waals surface area contributed by atoms with Crippen LogP contribution in [0.25, 0.3) is 78.3 Å². The molecule has 0 aliphatic carbocycles. The summed E-state index contributed by atoms with van der Waals surface area (Å²) in [6.45, 7) is 0. The van der Waals surface area contributed by atoms with Crippen molar-refractivity contribution in [3.8, 4) is 78.3 Å². The Morgan fingerprint density at radius 3 is 1.43 bits per heavy atom. The number of pyridine rings is 3. The molecule has 0 spiro atoms. The van der Waals surface area contributed by atoms with E-state index in [1.165, 1.54) is 0 Å². The van der Waals surface area contributed by atoms with E-state index in [1.807, 2.05) is 60.8 Å². The first-order valence-electron chi connectivity index (χ1n) is 22.3. The van der Waals surface area contributed by atoms with Crippen LogP contribution in [0.4, 0.5) is 17.6 Å². The van der Waals surface area contributed by atoms with Gasteiger partial charge in [0, 0.05) is 47.4 Å². The molecule has 0 fully saturated rings. The van der Waals surface area contributed by atoms with E-state index in [9.17, 15) is 17.6 Å². The van der Waals surface area contributed by atoms with Crippen LogP contribution in [0.5, 0.6) is 0 Å². The molecule has 0 N–H and O–H groups in total. The summed E-state index contributed by atoms with van der Waals surface area (Å²) in [5.74, 6) is -2.80. The molecule has 3 heterocycles. The van der Waals surface area contributed by atoms with Crippen LogP contribution in [0.15, 0.2) is 195 Å². The Hall–Kier alpha value is -7.64. The van der Waals surface area contributed by atoms with Crippen LogP contribution in [0, 0.1) is 41.5 Å². The second-order valence-corrected chi connectivity index (χ2v) is 16.6. The molecule has 0 saturated carbocycles. The maximum Gasteiger partial charge on any atom is 3.00 e. The molecule has 10 rings (SSSR count). The third kappa shape index (κ3) is 10.7. The van der Waals surface area contributed by atoms with Crippen molar-refractivity contribution >= 4 is 0 Å². The van der Waals surface area contributed by atoms with Gasteiger partial charge >= 0.3 is 20.1 Å². The van der Waals surface area contributed by atoms with Crippen molar-refractivity contribution in [3.63, 3.8) is 0 Å². The van der Waals surface area contributed by atoms with Gasteiger partial charge in [-0.2, -0.15) is 0 Å². The molecule has 69 heavy (non-hydrogen) atoms. The zero-order valence-electron chi connectivity index (χ0n) is 37.0. The Kier molecular flexibility index (Phi) is 14.2. The first-order chi connectivity index (χ1) is 33.3. The average molecular weight is 1080 g/mol. The summed E-state index contributed by atoms with van der Waals surface area (Å²) in [5, 5.41) is 0. The van der Waals surface area contributed by atoms with Gasteiger partial charge in [0.2, 0.25) is 0 Å². The third-order valence-electron chi connectivity index (χ3n) is 12.1. The molecule has 3 aromatic heterocycles. The Balaban J connectivity index is 0.00000593. The Morgan fingerprint density at radius 1 is 0.362 bits per heavy atom. The molecule has 336 valence electrons. The molecular formula is C61H40F4IrN3. The Bertz CT molecular complexity index is 3250. The first kappa shape index (κ1) is 46.5. The molecule has 0 aliphatic heterocycles. The monoisotopic (exact) mass is 1080 g/mol. The number of benzene rings is 7. The van der Waals surface area contributed by atoms with Gasteiger partial charge in [-0.1, -0.05) is 151 Å². The van der Waals surface area contributed by atoms with Crippen LogP contribution in [-0.2, 0) is 45.8 Å². The topological polar surface area (TPSA) is 38.7 Å². The fraction of sp³-hybridized carbons (Fsp3) is 0.0656. The fourth-order valence-electron chi connectivity index (χ4n) is 8.56. The van der Waals surface area contributed by atoms with E-state index in [2.05, 4.69) is 113 Å². The molecule has 0 saturated heterocycles. The summed E-state index contributed by atoms with van der Waals surface area (Å²) >= 11 is 0. The van der Waals surface area contributed by atoms with E-state index in [0.717, 1.165) is 102 Å². The van der Waals surface area contributed by atoms with Crippen molar-refractivity contribution in [2.75, 3.05) is 0 Å². The Morgan fingerprint density at radius 2 is 0.884 bits per heavy atom. The third-order valence-corrected chi connectivity index (χ3v) is 12.1. The minimum atomic E-state index is -0.712. The van der Waals surface area contributed by atoms with Gasteiger partial charge in [0.05, 0.1) is 0 Å². The van der Waals surface area contributed by atoms with E-state index in [0.29, 0.717) is 37.1 Å². The van der Waals surface area contributed by atoms with Gasteiger partial charge in [0.1, 0.15) is 0 Å². The van der Waals surface area contributed by atoms with Crippen LogP contribution < -0.4 is 0 Å². The van der Waals surface area contributed by atoms with Crippen molar-refractivity contribution in [2.24, 2.45) is 0 Å². The van der Waals surface area contributed by atoms with Crippen molar-refractivity contribution < 1.29 is 37.7 Å². The maximum atomic E-state index is 14.6. The molecule has 0 bridgehead atoms. The number of halogens is 4. The summed E-state index contributed by atoms with van der Waals surface area (Å²) in [4.78, 5) is 14.0. The molecule has 0 aliphatic rings. The molecule has 0 radical (unpaired) electrons. The van der Waals surface area contributed by atoms with E-state index in [-0.39, 0.29) is 31.2 Å². The summed E-state index contributed by atoms with van der Waals surface area (Å²) in [7, 11) is 0. The predicted octanol–water partition coefficient (Wildman–Crippen LogP) is 15.1. The van der Waals surface area contributed by atoms with Crippen molar-refractivity contribution in [1.82, 2.24) is 15.0 Å². The van der Waals surface area contributed by atoms with E-state index in [4.69, 9.17) is 4.98 Å². The summed E-state index contributed by atoms with van der Waals surface area (Å²) < 4.78 is 56.3. The minimum Gasteiger partial charge on any atom is -0.304 e. The van der Waals surface area contributed by atoms with Crippen LogP contribution in [0.1, 0.15) is 22.3 Å². The molecule has 0 atom stereocenters. The van der Waals surface area contributed by atoms with Crippen LogP contribution in [0.3, 0.4) is 0 Å². The molecule has 0 unspecified atom stereocenters. The molecule has 3 nitrogen and oxygen atoms in total. The molecular weight excluding hydrogens is 1040 g/mol. The number of aromatic nitrogens is 3. The van der Waals surface area contributed by atoms with Crippen molar-refractivity contribution in [1.29, 1.82) is 0 Å². The number of hydrogen-bond donors (Lipinski definition) is 0. The van der Waals surface area contributed by atoms with Gasteiger partial charge < -0.3 is 15.0 Å². The molecule has 0 amide bonds. The number of aryl methyl sites for hydroxylation is 4. The first-order valence-corrected chi connectivity index (χ1v) is 22.3. The predicted molar refractivity (Wildman–Crippen MR) is 262 cm³/mol. The van der Waals surface area contributed by atoms with Gasteiger partial charge in [0.25, 0.3) is 0 Å². The largest absolute Gasteiger partial charge is 3.00 e. The van der Waals surface area contributed by atoms with E-state index in [1.54, 1.807) is 24.5 Å². The van der Waals surface area contributed by atoms with Gasteiger partial charge in [-0.15, -0.1) is 60.2 Å². The van der Waals surface area contributed by atoms with E-state index >= 15 is 0 Å². The molecule has 10 aromatic rings. The standard InChI is InChI=1S/C61H40F4N3.Ir/c62-49-25-27-53(57(64)34-49)59-29-19-40(37-66-59)15-17-42-31-43(18-16-41-20-30-60(67-38-41)54-28-26-50(63)35-58(54)65)33-48(32-42)51-13-7-8-14-52(51)56-39-68-61(47-11-5-2-6-12-47)36-55(56)46-23-21-45(22-24-46)44-9-3-1-4-10-44;/h1-11,13-14,19-26,29-39H,15-18H2;/q-3;+3. The van der Waals surface area contributed by atoms with Gasteiger partial charge in [-0.3, -0.25) is 17.6 Å². The quantitative estimate of drug-likeness (QED) is 0.0853. The normalized spacial score (nSPS) is 11.0. The van der Waals surface area contributed by atoms with Gasteiger partial charge in [0.15, 0.2) is 0 Å². The van der Waals surface area contributed by atoms with Gasteiger partial charge in [-0.05, 0) is 104 Å². The smallest absolute Gasteiger partial charge is 0.304 e. The SMILES string of the molecule is Fc1c[c-]c(-c2ccc(CCc3cc(CCc4ccc(-c5[c-]cc(F)cc5F)nc4)cc(-c4ccccc4-c4cnc(-c5[c-]cccc5)cc4-c4ccc(-c5ccccc5)cc4)c3)cn2)c(F)c1.[Ir+3]. The summed E-state index contributed by atoms with van der Waals surface area (Å²) in [6, 6.07) is 64.1. The number of nitrogens with zero attached hydrogens (tertiary/aromatic N) is 3. The second-order valence-electron chi connectivity index (χ2n) is 16.6. The fourth-order valence-corrected chi connectivity index (χ4v) is 8.56.